The van der Waals surface area contributed by atoms with Crippen molar-refractivity contribution in [2.75, 3.05) is 27.9 Å². The first kappa shape index (κ1) is 34.2. The summed E-state index contributed by atoms with van der Waals surface area (Å²) in [4.78, 5) is 11.9. The Morgan fingerprint density at radius 3 is 1.73 bits per heavy atom. The second-order valence-electron chi connectivity index (χ2n) is 7.94. The fourth-order valence-electron chi connectivity index (χ4n) is 3.17. The zero-order valence-corrected chi connectivity index (χ0v) is 22.1. The van der Waals surface area contributed by atoms with Gasteiger partial charge in [-0.15, -0.1) is 12.4 Å². The van der Waals surface area contributed by atoms with Crippen molar-refractivity contribution in [2.24, 2.45) is 0 Å². The molecule has 0 bridgehead atoms. The van der Waals surface area contributed by atoms with Crippen molar-refractivity contribution in [3.63, 3.8) is 0 Å². The molecule has 0 radical (unpaired) electrons. The first-order chi connectivity index (χ1) is 13.3. The molecule has 0 amide bonds. The van der Waals surface area contributed by atoms with Crippen LogP contribution in [0.25, 0.3) is 0 Å². The van der Waals surface area contributed by atoms with Gasteiger partial charge in [-0.2, -0.15) is 0 Å². The van der Waals surface area contributed by atoms with Crippen LogP contribution in [-0.2, 0) is 22.8 Å². The van der Waals surface area contributed by atoms with Crippen molar-refractivity contribution >= 4 is 27.4 Å². The van der Waals surface area contributed by atoms with Gasteiger partial charge in [0.1, 0.15) is 5.60 Å². The average molecular weight is 474 g/mol. The van der Waals surface area contributed by atoms with E-state index in [0.717, 1.165) is 12.8 Å². The molecule has 0 aliphatic heterocycles. The molecule has 0 atom stereocenters. The third-order valence-electron chi connectivity index (χ3n) is 5.02. The summed E-state index contributed by atoms with van der Waals surface area (Å²) in [5.74, 6) is 0. The normalized spacial score (nSPS) is 11.4. The molecule has 0 aromatic carbocycles. The van der Waals surface area contributed by atoms with Crippen molar-refractivity contribution < 1.29 is 27.5 Å². The van der Waals surface area contributed by atoms with E-state index in [2.05, 4.69) is 6.92 Å². The van der Waals surface area contributed by atoms with Crippen LogP contribution >= 0.6 is 12.4 Å². The van der Waals surface area contributed by atoms with Gasteiger partial charge < -0.3 is 28.9 Å². The minimum Gasteiger partial charge on any atom is -0.434 e. The van der Waals surface area contributed by atoms with E-state index in [1.807, 2.05) is 13.8 Å². The van der Waals surface area contributed by atoms with Gasteiger partial charge >= 0.3 is 15.0 Å². The van der Waals surface area contributed by atoms with Gasteiger partial charge in [0.15, 0.2) is 0 Å². The lowest BCUT2D eigenvalue weighted by molar-refractivity contribution is -0.0218. The van der Waals surface area contributed by atoms with E-state index < -0.39 is 20.6 Å². The molecule has 0 saturated heterocycles. The highest BCUT2D eigenvalue weighted by Gasteiger charge is 2.37. The quantitative estimate of drug-likeness (QED) is 0.134. The number of hydrogen-bond acceptors (Lipinski definition) is 7. The monoisotopic (exact) mass is 473 g/mol. The van der Waals surface area contributed by atoms with E-state index in [0.29, 0.717) is 12.5 Å². The SMILES string of the molecule is CCCCCCCCCCCC(C)(C)OC(=O)OCCC[Si](OC)(OC)OC.Cl.N. The second-order valence-corrected chi connectivity index (χ2v) is 11.0. The maximum atomic E-state index is 11.9. The lowest BCUT2D eigenvalue weighted by Crippen LogP contribution is -2.42. The van der Waals surface area contributed by atoms with Gasteiger partial charge in [-0.1, -0.05) is 58.3 Å². The average Bonchev–Trinajstić information content (AvgIpc) is 2.67. The molecule has 0 fully saturated rings. The molecule has 0 rings (SSSR count). The van der Waals surface area contributed by atoms with Crippen LogP contribution in [0.1, 0.15) is 91.4 Å². The van der Waals surface area contributed by atoms with Crippen molar-refractivity contribution in [2.45, 2.75) is 103 Å². The standard InChI is InChI=1S/C21H44O6Si.ClH.H3N/c1-7-8-9-10-11-12-13-14-15-17-21(2,3)27-20(22)26-18-16-19-28(23-4,24-5)25-6;;/h7-19H2,1-6H3;1H;1H3. The number of rotatable bonds is 18. The van der Waals surface area contributed by atoms with Gasteiger partial charge in [0, 0.05) is 27.4 Å². The van der Waals surface area contributed by atoms with Crippen LogP contribution in [0.2, 0.25) is 6.04 Å². The molecule has 0 aliphatic rings. The van der Waals surface area contributed by atoms with Crippen LogP contribution in [0.5, 0.6) is 0 Å². The summed E-state index contributed by atoms with van der Waals surface area (Å²) < 4.78 is 26.7. The summed E-state index contributed by atoms with van der Waals surface area (Å²) in [5, 5.41) is 0. The molecular weight excluding hydrogens is 426 g/mol. The van der Waals surface area contributed by atoms with Crippen LogP contribution < -0.4 is 6.15 Å². The third-order valence-corrected chi connectivity index (χ3v) is 7.85. The first-order valence-corrected chi connectivity index (χ1v) is 12.8. The van der Waals surface area contributed by atoms with Gasteiger partial charge in [-0.25, -0.2) is 4.79 Å². The Balaban J connectivity index is -0.00000364. The fourth-order valence-corrected chi connectivity index (χ4v) is 4.86. The molecule has 0 heterocycles. The largest absolute Gasteiger partial charge is 0.508 e. The van der Waals surface area contributed by atoms with Crippen molar-refractivity contribution in [1.82, 2.24) is 6.15 Å². The summed E-state index contributed by atoms with van der Waals surface area (Å²) in [6.07, 6.45) is 12.4. The lowest BCUT2D eigenvalue weighted by atomic mass is 9.99. The van der Waals surface area contributed by atoms with Gasteiger partial charge in [0.25, 0.3) is 0 Å². The van der Waals surface area contributed by atoms with Gasteiger partial charge in [-0.3, -0.25) is 0 Å². The Morgan fingerprint density at radius 1 is 0.800 bits per heavy atom. The molecule has 184 valence electrons. The van der Waals surface area contributed by atoms with Gasteiger partial charge in [0.2, 0.25) is 0 Å². The maximum Gasteiger partial charge on any atom is 0.508 e. The number of ether oxygens (including phenoxy) is 2. The van der Waals surface area contributed by atoms with E-state index >= 15 is 0 Å². The Kier molecular flexibility index (Phi) is 23.4. The topological polar surface area (TPSA) is 98.2 Å². The second kappa shape index (κ2) is 20.5. The number of halogens is 1. The predicted molar refractivity (Wildman–Crippen MR) is 127 cm³/mol. The summed E-state index contributed by atoms with van der Waals surface area (Å²) in [7, 11) is 2.11. The highest BCUT2D eigenvalue weighted by Crippen LogP contribution is 2.21. The minimum absolute atomic E-state index is 0. The van der Waals surface area contributed by atoms with E-state index in [4.69, 9.17) is 22.8 Å². The van der Waals surface area contributed by atoms with Gasteiger partial charge in [-0.05, 0) is 33.1 Å². The van der Waals surface area contributed by atoms with Crippen LogP contribution in [0, 0.1) is 0 Å². The van der Waals surface area contributed by atoms with Crippen LogP contribution in [0.3, 0.4) is 0 Å². The molecule has 30 heavy (non-hydrogen) atoms. The molecule has 0 unspecified atom stereocenters. The Morgan fingerprint density at radius 2 is 1.27 bits per heavy atom. The summed E-state index contributed by atoms with van der Waals surface area (Å²) in [5.41, 5.74) is -0.498. The molecule has 0 aliphatic carbocycles. The number of hydrogen-bond donors (Lipinski definition) is 1. The maximum absolute atomic E-state index is 11.9. The third kappa shape index (κ3) is 17.3. The number of unbranched alkanes of at least 4 members (excludes halogenated alkanes) is 8. The molecule has 7 nitrogen and oxygen atoms in total. The van der Waals surface area contributed by atoms with E-state index in [1.54, 1.807) is 21.3 Å². The molecule has 3 N–H and O–H groups in total. The molecule has 0 spiro atoms. The zero-order chi connectivity index (χ0) is 21.3. The smallest absolute Gasteiger partial charge is 0.434 e. The Bertz CT molecular complexity index is 389. The first-order valence-electron chi connectivity index (χ1n) is 10.9. The number of carbonyl (C=O) groups is 1. The zero-order valence-electron chi connectivity index (χ0n) is 20.3. The summed E-state index contributed by atoms with van der Waals surface area (Å²) in [6.45, 7) is 6.39. The molecule has 0 saturated carbocycles. The van der Waals surface area contributed by atoms with Gasteiger partial charge in [0.05, 0.1) is 6.61 Å². The fraction of sp³-hybridized carbons (Fsp3) is 0.952. The highest BCUT2D eigenvalue weighted by molar-refractivity contribution is 6.60. The molecule has 0 aromatic rings. The summed E-state index contributed by atoms with van der Waals surface area (Å²) >= 11 is 0. The minimum atomic E-state index is -2.61. The summed E-state index contributed by atoms with van der Waals surface area (Å²) in [6, 6.07) is 0.589. The van der Waals surface area contributed by atoms with E-state index in [1.165, 1.54) is 51.4 Å². The predicted octanol–water partition coefficient (Wildman–Crippen LogP) is 6.69. The van der Waals surface area contributed by atoms with E-state index in [9.17, 15) is 4.79 Å². The van der Waals surface area contributed by atoms with Crippen LogP contribution in [0.15, 0.2) is 0 Å². The van der Waals surface area contributed by atoms with Crippen molar-refractivity contribution in [1.29, 1.82) is 0 Å². The van der Waals surface area contributed by atoms with Crippen LogP contribution in [0.4, 0.5) is 4.79 Å². The lowest BCUT2D eigenvalue weighted by Gasteiger charge is -2.25. The Labute approximate surface area is 192 Å². The highest BCUT2D eigenvalue weighted by atomic mass is 35.5. The van der Waals surface area contributed by atoms with Crippen molar-refractivity contribution in [3.8, 4) is 0 Å². The Hall–Kier alpha value is -0.383. The molecule has 0 aromatic heterocycles. The van der Waals surface area contributed by atoms with Crippen LogP contribution in [-0.4, -0.2) is 48.5 Å². The number of carbonyl (C=O) groups excluding carboxylic acids is 1. The van der Waals surface area contributed by atoms with Crippen molar-refractivity contribution in [3.05, 3.63) is 0 Å². The van der Waals surface area contributed by atoms with E-state index in [-0.39, 0.29) is 25.2 Å². The molecule has 9 heteroatoms. The molecular formula is C21H48ClNO6Si.